The topological polar surface area (TPSA) is 76.5 Å². The van der Waals surface area contributed by atoms with Crippen LogP contribution in [-0.4, -0.2) is 52.5 Å². The number of para-hydroxylation sites is 2. The maximum atomic E-state index is 13.0. The predicted octanol–water partition coefficient (Wildman–Crippen LogP) is 4.04. The monoisotopic (exact) mass is 476 g/mol. The number of amides is 2. The molecule has 186 valence electrons. The van der Waals surface area contributed by atoms with Gasteiger partial charge < -0.3 is 19.5 Å². The minimum absolute atomic E-state index is 0.00817. The van der Waals surface area contributed by atoms with E-state index in [1.54, 1.807) is 0 Å². The Hall–Kier alpha value is -3.35. The molecule has 0 atom stereocenters. The Morgan fingerprint density at radius 1 is 1.11 bits per heavy atom. The van der Waals surface area contributed by atoms with Gasteiger partial charge in [-0.15, -0.1) is 0 Å². The summed E-state index contributed by atoms with van der Waals surface area (Å²) >= 11 is 0. The zero-order valence-corrected chi connectivity index (χ0v) is 21.0. The standard InChI is InChI=1S/C28H36N4O3/c1-20-12-15-31(16-13-20)28(34)18-32-24-8-5-4-7-23(24)30-26(32)9-6-14-29-27(33)19-35-25-17-21(2)10-11-22(25)3/h4-5,7-8,10-11,17,20H,6,9,12-16,18-19H2,1-3H3,(H,29,33). The summed E-state index contributed by atoms with van der Waals surface area (Å²) in [7, 11) is 0. The number of carbonyl (C=O) groups excluding carboxylic acids is 2. The van der Waals surface area contributed by atoms with Crippen molar-refractivity contribution in [1.29, 1.82) is 0 Å². The lowest BCUT2D eigenvalue weighted by molar-refractivity contribution is -0.133. The van der Waals surface area contributed by atoms with Crippen LogP contribution >= 0.6 is 0 Å². The first kappa shape index (κ1) is 24.8. The third kappa shape index (κ3) is 6.41. The fraction of sp³-hybridized carbons (Fsp3) is 0.464. The number of piperidine rings is 1. The fourth-order valence-electron chi connectivity index (χ4n) is 4.52. The zero-order chi connectivity index (χ0) is 24.8. The largest absolute Gasteiger partial charge is 0.483 e. The van der Waals surface area contributed by atoms with E-state index >= 15 is 0 Å². The summed E-state index contributed by atoms with van der Waals surface area (Å²) in [5.41, 5.74) is 3.99. The van der Waals surface area contributed by atoms with Crippen LogP contribution in [0.1, 0.15) is 43.1 Å². The second-order valence-electron chi connectivity index (χ2n) is 9.68. The summed E-state index contributed by atoms with van der Waals surface area (Å²) in [6.45, 7) is 8.70. The summed E-state index contributed by atoms with van der Waals surface area (Å²) in [6, 6.07) is 13.9. The second kappa shape index (κ2) is 11.4. The number of likely N-dealkylation sites (tertiary alicyclic amines) is 1. The summed E-state index contributed by atoms with van der Waals surface area (Å²) in [4.78, 5) is 32.1. The maximum Gasteiger partial charge on any atom is 0.257 e. The molecule has 35 heavy (non-hydrogen) atoms. The lowest BCUT2D eigenvalue weighted by atomic mass is 9.99. The summed E-state index contributed by atoms with van der Waals surface area (Å²) in [5, 5.41) is 2.93. The summed E-state index contributed by atoms with van der Waals surface area (Å²) < 4.78 is 7.73. The molecule has 1 aliphatic rings. The van der Waals surface area contributed by atoms with Crippen molar-refractivity contribution in [3.63, 3.8) is 0 Å². The molecule has 2 heterocycles. The van der Waals surface area contributed by atoms with Crippen molar-refractivity contribution in [2.75, 3.05) is 26.2 Å². The van der Waals surface area contributed by atoms with Crippen molar-refractivity contribution in [3.8, 4) is 5.75 Å². The Bertz CT molecular complexity index is 1180. The summed E-state index contributed by atoms with van der Waals surface area (Å²) in [6.07, 6.45) is 3.54. The van der Waals surface area contributed by atoms with Gasteiger partial charge in [-0.25, -0.2) is 4.98 Å². The molecule has 3 aromatic rings. The Labute approximate surface area is 207 Å². The highest BCUT2D eigenvalue weighted by Gasteiger charge is 2.22. The number of aryl methyl sites for hydroxylation is 3. The van der Waals surface area contributed by atoms with Crippen molar-refractivity contribution in [2.24, 2.45) is 5.92 Å². The number of nitrogens with one attached hydrogen (secondary N) is 1. The van der Waals surface area contributed by atoms with E-state index in [-0.39, 0.29) is 18.4 Å². The van der Waals surface area contributed by atoms with Gasteiger partial charge in [0.2, 0.25) is 5.91 Å². The number of benzene rings is 2. The van der Waals surface area contributed by atoms with E-state index < -0.39 is 0 Å². The van der Waals surface area contributed by atoms with Crippen LogP contribution in [0.5, 0.6) is 5.75 Å². The highest BCUT2D eigenvalue weighted by Crippen LogP contribution is 2.21. The van der Waals surface area contributed by atoms with Gasteiger partial charge in [-0.1, -0.05) is 31.2 Å². The SMILES string of the molecule is Cc1ccc(C)c(OCC(=O)NCCCc2nc3ccccc3n2CC(=O)N2CCC(C)CC2)c1. The number of hydrogen-bond acceptors (Lipinski definition) is 4. The van der Waals surface area contributed by atoms with Gasteiger partial charge in [-0.2, -0.15) is 0 Å². The molecule has 0 bridgehead atoms. The number of imidazole rings is 1. The number of carbonyl (C=O) groups is 2. The van der Waals surface area contributed by atoms with Crippen LogP contribution in [0.15, 0.2) is 42.5 Å². The highest BCUT2D eigenvalue weighted by molar-refractivity contribution is 5.81. The molecule has 0 saturated carbocycles. The van der Waals surface area contributed by atoms with Crippen LogP contribution in [0.4, 0.5) is 0 Å². The van der Waals surface area contributed by atoms with Gasteiger partial charge >= 0.3 is 0 Å². The van der Waals surface area contributed by atoms with Crippen LogP contribution in [0.2, 0.25) is 0 Å². The molecule has 7 heteroatoms. The van der Waals surface area contributed by atoms with E-state index in [1.807, 2.05) is 65.8 Å². The van der Waals surface area contributed by atoms with Gasteiger partial charge in [0.15, 0.2) is 6.61 Å². The van der Waals surface area contributed by atoms with Crippen molar-refractivity contribution in [3.05, 3.63) is 59.4 Å². The van der Waals surface area contributed by atoms with Crippen LogP contribution in [0.25, 0.3) is 11.0 Å². The zero-order valence-electron chi connectivity index (χ0n) is 21.0. The normalized spacial score (nSPS) is 14.3. The molecule has 1 aliphatic heterocycles. The van der Waals surface area contributed by atoms with Crippen molar-refractivity contribution >= 4 is 22.8 Å². The van der Waals surface area contributed by atoms with E-state index in [1.165, 1.54) is 0 Å². The van der Waals surface area contributed by atoms with Gasteiger partial charge in [0.25, 0.3) is 5.91 Å². The number of fused-ring (bicyclic) bond motifs is 1. The van der Waals surface area contributed by atoms with E-state index in [0.717, 1.165) is 66.1 Å². The van der Waals surface area contributed by atoms with Crippen LogP contribution in [0.3, 0.4) is 0 Å². The first-order chi connectivity index (χ1) is 16.9. The smallest absolute Gasteiger partial charge is 0.257 e. The van der Waals surface area contributed by atoms with Gasteiger partial charge in [-0.3, -0.25) is 9.59 Å². The first-order valence-electron chi connectivity index (χ1n) is 12.6. The molecule has 0 unspecified atom stereocenters. The lowest BCUT2D eigenvalue weighted by Gasteiger charge is -2.30. The summed E-state index contributed by atoms with van der Waals surface area (Å²) in [5.74, 6) is 2.31. The Morgan fingerprint density at radius 3 is 2.69 bits per heavy atom. The van der Waals surface area contributed by atoms with Gasteiger partial charge in [0, 0.05) is 26.1 Å². The molecule has 1 aromatic heterocycles. The molecule has 0 radical (unpaired) electrons. The van der Waals surface area contributed by atoms with Crippen molar-refractivity contribution in [1.82, 2.24) is 19.8 Å². The number of aromatic nitrogens is 2. The van der Waals surface area contributed by atoms with Gasteiger partial charge in [0.05, 0.1) is 11.0 Å². The third-order valence-corrected chi connectivity index (χ3v) is 6.77. The molecule has 4 rings (SSSR count). The van der Waals surface area contributed by atoms with Crippen molar-refractivity contribution < 1.29 is 14.3 Å². The third-order valence-electron chi connectivity index (χ3n) is 6.77. The van der Waals surface area contributed by atoms with Crippen molar-refractivity contribution in [2.45, 2.75) is 53.0 Å². The molecule has 7 nitrogen and oxygen atoms in total. The molecule has 0 aliphatic carbocycles. The fourth-order valence-corrected chi connectivity index (χ4v) is 4.52. The van der Waals surface area contributed by atoms with E-state index in [0.29, 0.717) is 25.4 Å². The number of rotatable bonds is 9. The number of ether oxygens (including phenoxy) is 1. The molecule has 1 saturated heterocycles. The Balaban J connectivity index is 1.31. The average Bonchev–Trinajstić information content (AvgIpc) is 3.20. The molecule has 1 N–H and O–H groups in total. The quantitative estimate of drug-likeness (QED) is 0.473. The molecule has 2 aromatic carbocycles. The van der Waals surface area contributed by atoms with Gasteiger partial charge in [-0.05, 0) is 68.4 Å². The molecule has 1 fully saturated rings. The molecule has 2 amide bonds. The predicted molar refractivity (Wildman–Crippen MR) is 137 cm³/mol. The number of hydrogen-bond donors (Lipinski definition) is 1. The van der Waals surface area contributed by atoms with Crippen LogP contribution in [-0.2, 0) is 22.6 Å². The molecular weight excluding hydrogens is 440 g/mol. The number of nitrogens with zero attached hydrogens (tertiary/aromatic N) is 3. The molecular formula is C28H36N4O3. The van der Waals surface area contributed by atoms with E-state index in [4.69, 9.17) is 9.72 Å². The second-order valence-corrected chi connectivity index (χ2v) is 9.68. The van der Waals surface area contributed by atoms with E-state index in [2.05, 4.69) is 12.2 Å². The lowest BCUT2D eigenvalue weighted by Crippen LogP contribution is -2.40. The minimum atomic E-state index is -0.145. The first-order valence-corrected chi connectivity index (χ1v) is 12.6. The van der Waals surface area contributed by atoms with E-state index in [9.17, 15) is 9.59 Å². The Kier molecular flexibility index (Phi) is 8.06. The maximum absolute atomic E-state index is 13.0. The van der Waals surface area contributed by atoms with Crippen LogP contribution < -0.4 is 10.1 Å². The average molecular weight is 477 g/mol. The van der Waals surface area contributed by atoms with Crippen LogP contribution in [0, 0.1) is 19.8 Å². The Morgan fingerprint density at radius 2 is 1.89 bits per heavy atom. The highest BCUT2D eigenvalue weighted by atomic mass is 16.5. The minimum Gasteiger partial charge on any atom is -0.483 e. The molecule has 0 spiro atoms. The van der Waals surface area contributed by atoms with Gasteiger partial charge in [0.1, 0.15) is 18.1 Å².